The third-order valence-corrected chi connectivity index (χ3v) is 3.04. The van der Waals surface area contributed by atoms with E-state index in [1.165, 1.54) is 4.90 Å². The van der Waals surface area contributed by atoms with Crippen molar-refractivity contribution in [3.63, 3.8) is 0 Å². The number of carbonyl (C=O) groups excluding carboxylic acids is 1. The fourth-order valence-corrected chi connectivity index (χ4v) is 1.69. The summed E-state index contributed by atoms with van der Waals surface area (Å²) in [6, 6.07) is 1.91. The lowest BCUT2D eigenvalue weighted by Gasteiger charge is -2.23. The Hall–Kier alpha value is -2.03. The van der Waals surface area contributed by atoms with E-state index in [1.807, 2.05) is 13.8 Å². The third-order valence-electron chi connectivity index (χ3n) is 3.04. The summed E-state index contributed by atoms with van der Waals surface area (Å²) >= 11 is 0. The molecule has 1 amide bonds. The first kappa shape index (κ1) is 14.0. The first-order valence-corrected chi connectivity index (χ1v) is 5.91. The highest BCUT2D eigenvalue weighted by Gasteiger charge is 2.24. The van der Waals surface area contributed by atoms with Crippen LogP contribution in [-0.4, -0.2) is 33.7 Å². The number of nitrogens with zero attached hydrogens (tertiary/aromatic N) is 4. The normalized spacial score (nSPS) is 11.9. The van der Waals surface area contributed by atoms with Crippen LogP contribution >= 0.6 is 0 Å². The van der Waals surface area contributed by atoms with Crippen molar-refractivity contribution >= 4 is 11.6 Å². The van der Waals surface area contributed by atoms with E-state index < -0.39 is 0 Å². The second-order valence-electron chi connectivity index (χ2n) is 4.29. The molecular weight excluding hydrogens is 230 g/mol. The molecule has 98 valence electrons. The van der Waals surface area contributed by atoms with Crippen molar-refractivity contribution in [2.75, 3.05) is 12.8 Å². The number of nitriles is 1. The van der Waals surface area contributed by atoms with Gasteiger partial charge in [-0.2, -0.15) is 10.4 Å². The van der Waals surface area contributed by atoms with Gasteiger partial charge in [-0.15, -0.1) is 0 Å². The van der Waals surface area contributed by atoms with E-state index in [0.717, 1.165) is 0 Å². The van der Waals surface area contributed by atoms with E-state index in [-0.39, 0.29) is 11.9 Å². The predicted octanol–water partition coefficient (Wildman–Crippen LogP) is 1.17. The first-order chi connectivity index (χ1) is 8.43. The van der Waals surface area contributed by atoms with Crippen LogP contribution in [0.15, 0.2) is 0 Å². The van der Waals surface area contributed by atoms with Crippen molar-refractivity contribution in [1.82, 2.24) is 14.7 Å². The number of aromatic nitrogens is 2. The van der Waals surface area contributed by atoms with Gasteiger partial charge in [0.05, 0.1) is 23.9 Å². The molecule has 6 nitrogen and oxygen atoms in total. The molecule has 1 unspecified atom stereocenters. The molecule has 1 aromatic rings. The number of nitrogen functional groups attached to an aromatic ring is 1. The molecule has 0 fully saturated rings. The maximum Gasteiger partial charge on any atom is 0.274 e. The van der Waals surface area contributed by atoms with Crippen molar-refractivity contribution in [3.05, 3.63) is 11.4 Å². The summed E-state index contributed by atoms with van der Waals surface area (Å²) in [5, 5.41) is 12.9. The van der Waals surface area contributed by atoms with Crippen LogP contribution in [0.4, 0.5) is 5.69 Å². The first-order valence-electron chi connectivity index (χ1n) is 5.91. The fourth-order valence-electron chi connectivity index (χ4n) is 1.69. The number of nitrogens with two attached hydrogens (primary N) is 1. The van der Waals surface area contributed by atoms with Gasteiger partial charge >= 0.3 is 0 Å². The van der Waals surface area contributed by atoms with Gasteiger partial charge in [0, 0.05) is 19.6 Å². The fraction of sp³-hybridized carbons (Fsp3) is 0.583. The number of hydrogen-bond donors (Lipinski definition) is 1. The largest absolute Gasteiger partial charge is 0.395 e. The molecule has 0 bridgehead atoms. The van der Waals surface area contributed by atoms with Crippen LogP contribution in [0.1, 0.15) is 36.5 Å². The molecule has 1 heterocycles. The highest BCUT2D eigenvalue weighted by molar-refractivity contribution is 5.98. The number of anilines is 1. The Morgan fingerprint density at radius 1 is 1.67 bits per heavy atom. The van der Waals surface area contributed by atoms with Gasteiger partial charge in [0.15, 0.2) is 0 Å². The van der Waals surface area contributed by atoms with Crippen LogP contribution in [0.2, 0.25) is 0 Å². The maximum absolute atomic E-state index is 12.4. The van der Waals surface area contributed by atoms with E-state index >= 15 is 0 Å². The summed E-state index contributed by atoms with van der Waals surface area (Å²) in [5.74, 6) is -0.197. The third kappa shape index (κ3) is 2.45. The van der Waals surface area contributed by atoms with Crippen LogP contribution in [-0.2, 0) is 6.54 Å². The van der Waals surface area contributed by atoms with Crippen LogP contribution in [0.5, 0.6) is 0 Å². The summed E-state index contributed by atoms with van der Waals surface area (Å²) in [7, 11) is 1.67. The van der Waals surface area contributed by atoms with Gasteiger partial charge in [-0.3, -0.25) is 9.48 Å². The van der Waals surface area contributed by atoms with Gasteiger partial charge in [0.2, 0.25) is 0 Å². The lowest BCUT2D eigenvalue weighted by molar-refractivity contribution is 0.0735. The smallest absolute Gasteiger partial charge is 0.274 e. The van der Waals surface area contributed by atoms with E-state index in [4.69, 9.17) is 11.0 Å². The molecule has 0 saturated heterocycles. The highest BCUT2D eigenvalue weighted by atomic mass is 16.2. The van der Waals surface area contributed by atoms with Crippen molar-refractivity contribution in [2.24, 2.45) is 0 Å². The minimum Gasteiger partial charge on any atom is -0.395 e. The Morgan fingerprint density at radius 2 is 2.28 bits per heavy atom. The van der Waals surface area contributed by atoms with Crippen LogP contribution in [0.25, 0.3) is 0 Å². The van der Waals surface area contributed by atoms with Gasteiger partial charge < -0.3 is 10.6 Å². The second kappa shape index (κ2) is 5.54. The number of hydrogen-bond acceptors (Lipinski definition) is 4. The Kier molecular flexibility index (Phi) is 4.32. The van der Waals surface area contributed by atoms with E-state index in [1.54, 1.807) is 18.7 Å². The molecule has 1 rings (SSSR count). The zero-order chi connectivity index (χ0) is 13.9. The van der Waals surface area contributed by atoms with Crippen molar-refractivity contribution in [3.8, 4) is 6.07 Å². The van der Waals surface area contributed by atoms with Crippen molar-refractivity contribution < 1.29 is 4.79 Å². The molecular formula is C12H19N5O. The number of rotatable bonds is 4. The molecule has 0 aromatic carbocycles. The van der Waals surface area contributed by atoms with Gasteiger partial charge in [0.25, 0.3) is 5.91 Å². The van der Waals surface area contributed by atoms with E-state index in [2.05, 4.69) is 11.2 Å². The Labute approximate surface area is 107 Å². The van der Waals surface area contributed by atoms with Gasteiger partial charge in [-0.25, -0.2) is 0 Å². The minimum absolute atomic E-state index is 0.151. The van der Waals surface area contributed by atoms with Crippen molar-refractivity contribution in [2.45, 2.75) is 39.8 Å². The van der Waals surface area contributed by atoms with Crippen LogP contribution in [0.3, 0.4) is 0 Å². The zero-order valence-corrected chi connectivity index (χ0v) is 11.3. The monoisotopic (exact) mass is 249 g/mol. The summed E-state index contributed by atoms with van der Waals surface area (Å²) in [4.78, 5) is 13.9. The van der Waals surface area contributed by atoms with Crippen LogP contribution < -0.4 is 5.73 Å². The Morgan fingerprint density at radius 3 is 2.78 bits per heavy atom. The SMILES string of the molecule is CCn1nc(C)c(N)c1C(=O)N(C)C(C)CC#N. The van der Waals surface area contributed by atoms with E-state index in [0.29, 0.717) is 30.0 Å². The standard InChI is InChI=1S/C12H19N5O/c1-5-17-11(10(14)9(3)15-17)12(18)16(4)8(2)6-7-13/h8H,5-6,14H2,1-4H3. The number of carbonyl (C=O) groups is 1. The zero-order valence-electron chi connectivity index (χ0n) is 11.3. The highest BCUT2D eigenvalue weighted by Crippen LogP contribution is 2.19. The average Bonchev–Trinajstić information content (AvgIpc) is 2.63. The lowest BCUT2D eigenvalue weighted by atomic mass is 10.2. The maximum atomic E-state index is 12.4. The minimum atomic E-state index is -0.197. The molecule has 0 spiro atoms. The quantitative estimate of drug-likeness (QED) is 0.867. The second-order valence-corrected chi connectivity index (χ2v) is 4.29. The van der Waals surface area contributed by atoms with Crippen LogP contribution in [0, 0.1) is 18.3 Å². The Bertz CT molecular complexity index is 485. The molecule has 0 radical (unpaired) electrons. The topological polar surface area (TPSA) is 87.9 Å². The molecule has 0 saturated carbocycles. The number of amides is 1. The molecule has 2 N–H and O–H groups in total. The summed E-state index contributed by atoms with van der Waals surface area (Å²) in [6.07, 6.45) is 0.293. The molecule has 0 aliphatic heterocycles. The molecule has 6 heteroatoms. The molecule has 1 atom stereocenters. The lowest BCUT2D eigenvalue weighted by Crippen LogP contribution is -2.36. The summed E-state index contributed by atoms with van der Waals surface area (Å²) < 4.78 is 1.60. The van der Waals surface area contributed by atoms with Gasteiger partial charge in [-0.1, -0.05) is 0 Å². The number of aryl methyl sites for hydroxylation is 2. The van der Waals surface area contributed by atoms with Gasteiger partial charge in [0.1, 0.15) is 5.69 Å². The average molecular weight is 249 g/mol. The van der Waals surface area contributed by atoms with Gasteiger partial charge in [-0.05, 0) is 20.8 Å². The molecule has 1 aromatic heterocycles. The van der Waals surface area contributed by atoms with Crippen molar-refractivity contribution in [1.29, 1.82) is 5.26 Å². The molecule has 0 aliphatic rings. The molecule has 0 aliphatic carbocycles. The summed E-state index contributed by atoms with van der Waals surface area (Å²) in [5.41, 5.74) is 7.37. The summed E-state index contributed by atoms with van der Waals surface area (Å²) in [6.45, 7) is 6.09. The van der Waals surface area contributed by atoms with E-state index in [9.17, 15) is 4.79 Å². The molecule has 18 heavy (non-hydrogen) atoms. The Balaban J connectivity index is 3.07. The predicted molar refractivity (Wildman–Crippen MR) is 68.8 cm³/mol.